The van der Waals surface area contributed by atoms with Crippen molar-refractivity contribution in [3.63, 3.8) is 0 Å². The topological polar surface area (TPSA) is 28.0 Å². The number of amidine groups is 1. The second-order valence-corrected chi connectivity index (χ2v) is 4.73. The minimum Gasteiger partial charge on any atom is -0.284 e. The van der Waals surface area contributed by atoms with Gasteiger partial charge in [-0.2, -0.15) is 0 Å². The molecule has 0 amide bonds. The van der Waals surface area contributed by atoms with Gasteiger partial charge in [0.05, 0.1) is 11.1 Å². The molecule has 0 N–H and O–H groups in total. The fourth-order valence-corrected chi connectivity index (χ4v) is 2.83. The molecule has 3 aliphatic rings. The molecular formula is C12H15N3. The van der Waals surface area contributed by atoms with Gasteiger partial charge in [-0.05, 0) is 27.1 Å². The first-order valence-corrected chi connectivity index (χ1v) is 5.30. The van der Waals surface area contributed by atoms with Crippen molar-refractivity contribution in [2.75, 3.05) is 14.1 Å². The van der Waals surface area contributed by atoms with Crippen LogP contribution in [0.3, 0.4) is 0 Å². The summed E-state index contributed by atoms with van der Waals surface area (Å²) in [5.41, 5.74) is 1.17. The van der Waals surface area contributed by atoms with E-state index in [1.165, 1.54) is 5.71 Å². The van der Waals surface area contributed by atoms with Crippen LogP contribution in [0, 0.1) is 5.41 Å². The highest BCUT2D eigenvalue weighted by Crippen LogP contribution is 2.64. The molecule has 0 aromatic heterocycles. The Labute approximate surface area is 89.9 Å². The zero-order valence-electron chi connectivity index (χ0n) is 9.36. The van der Waals surface area contributed by atoms with Crippen molar-refractivity contribution in [1.29, 1.82) is 0 Å². The van der Waals surface area contributed by atoms with Gasteiger partial charge in [0, 0.05) is 6.42 Å². The Bertz CT molecular complexity index is 442. The van der Waals surface area contributed by atoms with Crippen molar-refractivity contribution < 1.29 is 0 Å². The first-order valence-electron chi connectivity index (χ1n) is 5.30. The van der Waals surface area contributed by atoms with Crippen LogP contribution in [0.25, 0.3) is 0 Å². The normalized spacial score (nSPS) is 40.8. The molecule has 0 radical (unpaired) electrons. The molecule has 1 saturated carbocycles. The second-order valence-electron chi connectivity index (χ2n) is 4.73. The lowest BCUT2D eigenvalue weighted by Crippen LogP contribution is -2.40. The molecule has 3 rings (SSSR count). The molecule has 0 bridgehead atoms. The lowest BCUT2D eigenvalue weighted by Gasteiger charge is -2.30. The van der Waals surface area contributed by atoms with E-state index in [1.54, 1.807) is 0 Å². The summed E-state index contributed by atoms with van der Waals surface area (Å²) in [6.45, 7) is 1.98. The predicted octanol–water partition coefficient (Wildman–Crippen LogP) is 1.63. The number of hydrogen-bond donors (Lipinski definition) is 0. The van der Waals surface area contributed by atoms with Crippen molar-refractivity contribution in [2.45, 2.75) is 19.0 Å². The molecule has 3 nitrogen and oxygen atoms in total. The van der Waals surface area contributed by atoms with Gasteiger partial charge in [-0.3, -0.25) is 4.90 Å². The van der Waals surface area contributed by atoms with E-state index in [1.807, 2.05) is 6.92 Å². The van der Waals surface area contributed by atoms with Crippen LogP contribution in [-0.4, -0.2) is 36.2 Å². The lowest BCUT2D eigenvalue weighted by atomic mass is 9.91. The molecule has 15 heavy (non-hydrogen) atoms. The molecular weight excluding hydrogens is 186 g/mol. The SMILES string of the molecule is CC1=NC2(N(C)C)CC23C=CC=CC3=N1. The Kier molecular flexibility index (Phi) is 1.49. The molecule has 1 fully saturated rings. The van der Waals surface area contributed by atoms with Gasteiger partial charge in [-0.1, -0.05) is 18.2 Å². The highest BCUT2D eigenvalue weighted by Gasteiger charge is 2.71. The van der Waals surface area contributed by atoms with E-state index < -0.39 is 0 Å². The van der Waals surface area contributed by atoms with E-state index in [0.717, 1.165) is 12.3 Å². The van der Waals surface area contributed by atoms with Gasteiger partial charge in [-0.25, -0.2) is 9.98 Å². The molecule has 2 unspecified atom stereocenters. The predicted molar refractivity (Wildman–Crippen MR) is 62.3 cm³/mol. The molecule has 0 aromatic carbocycles. The molecule has 78 valence electrons. The third kappa shape index (κ3) is 0.893. The third-order valence-electron chi connectivity index (χ3n) is 3.69. The first-order chi connectivity index (χ1) is 7.11. The summed E-state index contributed by atoms with van der Waals surface area (Å²) in [5, 5.41) is 0. The summed E-state index contributed by atoms with van der Waals surface area (Å²) in [6, 6.07) is 0. The highest BCUT2D eigenvalue weighted by molar-refractivity contribution is 6.13. The van der Waals surface area contributed by atoms with Crippen LogP contribution in [0.4, 0.5) is 0 Å². The average molecular weight is 201 g/mol. The van der Waals surface area contributed by atoms with Gasteiger partial charge in [0.15, 0.2) is 0 Å². The zero-order chi connectivity index (χ0) is 10.7. The molecule has 3 heteroatoms. The maximum absolute atomic E-state index is 4.73. The van der Waals surface area contributed by atoms with Crippen LogP contribution >= 0.6 is 0 Å². The molecule has 2 atom stereocenters. The Hall–Kier alpha value is -1.22. The van der Waals surface area contributed by atoms with Gasteiger partial charge in [0.2, 0.25) is 0 Å². The largest absolute Gasteiger partial charge is 0.284 e. The molecule has 1 spiro atoms. The summed E-state index contributed by atoms with van der Waals surface area (Å²) in [5.74, 6) is 0.895. The second kappa shape index (κ2) is 2.47. The van der Waals surface area contributed by atoms with Crippen LogP contribution in [0.15, 0.2) is 34.3 Å². The van der Waals surface area contributed by atoms with Gasteiger partial charge in [-0.15, -0.1) is 0 Å². The Morgan fingerprint density at radius 2 is 2.13 bits per heavy atom. The Morgan fingerprint density at radius 1 is 1.33 bits per heavy atom. The van der Waals surface area contributed by atoms with Gasteiger partial charge in [0.1, 0.15) is 11.5 Å². The van der Waals surface area contributed by atoms with Crippen LogP contribution in [0.5, 0.6) is 0 Å². The van der Waals surface area contributed by atoms with E-state index in [-0.39, 0.29) is 11.1 Å². The number of allylic oxidation sites excluding steroid dienone is 3. The average Bonchev–Trinajstić information content (AvgIpc) is 2.83. The zero-order valence-corrected chi connectivity index (χ0v) is 9.36. The van der Waals surface area contributed by atoms with Crippen LogP contribution in [-0.2, 0) is 0 Å². The molecule has 2 aliphatic carbocycles. The maximum Gasteiger partial charge on any atom is 0.131 e. The monoisotopic (exact) mass is 201 g/mol. The molecule has 1 heterocycles. The summed E-state index contributed by atoms with van der Waals surface area (Å²) < 4.78 is 0. The Morgan fingerprint density at radius 3 is 2.87 bits per heavy atom. The lowest BCUT2D eigenvalue weighted by molar-refractivity contribution is 0.255. The van der Waals surface area contributed by atoms with E-state index in [0.29, 0.717) is 0 Å². The minimum atomic E-state index is -0.0601. The fraction of sp³-hybridized carbons (Fsp3) is 0.500. The summed E-state index contributed by atoms with van der Waals surface area (Å²) in [4.78, 5) is 11.5. The van der Waals surface area contributed by atoms with Crippen LogP contribution in [0.1, 0.15) is 13.3 Å². The third-order valence-corrected chi connectivity index (χ3v) is 3.69. The van der Waals surface area contributed by atoms with Crippen molar-refractivity contribution >= 4 is 11.5 Å². The van der Waals surface area contributed by atoms with Gasteiger partial charge < -0.3 is 0 Å². The summed E-state index contributed by atoms with van der Waals surface area (Å²) >= 11 is 0. The van der Waals surface area contributed by atoms with Crippen molar-refractivity contribution in [1.82, 2.24) is 4.90 Å². The molecule has 0 saturated heterocycles. The Balaban J connectivity index is 2.16. The van der Waals surface area contributed by atoms with Crippen molar-refractivity contribution in [3.05, 3.63) is 24.3 Å². The first kappa shape index (κ1) is 9.04. The van der Waals surface area contributed by atoms with E-state index in [2.05, 4.69) is 48.3 Å². The number of rotatable bonds is 1. The minimum absolute atomic E-state index is 0.0601. The van der Waals surface area contributed by atoms with Crippen LogP contribution in [0.2, 0.25) is 0 Å². The number of hydrogen-bond acceptors (Lipinski definition) is 3. The van der Waals surface area contributed by atoms with Crippen LogP contribution < -0.4 is 0 Å². The summed E-state index contributed by atoms with van der Waals surface area (Å²) in [6.07, 6.45) is 9.59. The maximum atomic E-state index is 4.73. The van der Waals surface area contributed by atoms with E-state index >= 15 is 0 Å². The van der Waals surface area contributed by atoms with Gasteiger partial charge >= 0.3 is 0 Å². The molecule has 0 aromatic rings. The highest BCUT2D eigenvalue weighted by atomic mass is 15.4. The summed E-state index contributed by atoms with van der Waals surface area (Å²) in [7, 11) is 4.20. The van der Waals surface area contributed by atoms with Crippen molar-refractivity contribution in [2.24, 2.45) is 15.4 Å². The standard InChI is InChI=1S/C12H15N3/c1-9-13-10-6-4-5-7-11(10)8-12(11,14-9)15(2)3/h4-7H,8H2,1-3H3. The number of aliphatic imine (C=N–C) groups is 2. The van der Waals surface area contributed by atoms with E-state index in [9.17, 15) is 0 Å². The quantitative estimate of drug-likeness (QED) is 0.633. The van der Waals surface area contributed by atoms with Crippen molar-refractivity contribution in [3.8, 4) is 0 Å². The fourth-order valence-electron chi connectivity index (χ4n) is 2.83. The smallest absolute Gasteiger partial charge is 0.131 e. The van der Waals surface area contributed by atoms with Gasteiger partial charge in [0.25, 0.3) is 0 Å². The molecule has 1 aliphatic heterocycles. The van der Waals surface area contributed by atoms with E-state index in [4.69, 9.17) is 4.99 Å². The number of nitrogens with zero attached hydrogens (tertiary/aromatic N) is 3.